The molecule has 0 bridgehead atoms. The van der Waals surface area contributed by atoms with E-state index in [0.29, 0.717) is 21.4 Å². The van der Waals surface area contributed by atoms with Gasteiger partial charge in [-0.25, -0.2) is 14.2 Å². The van der Waals surface area contributed by atoms with Crippen LogP contribution in [0.3, 0.4) is 0 Å². The van der Waals surface area contributed by atoms with Crippen molar-refractivity contribution in [3.05, 3.63) is 50.9 Å². The number of nitrogens with zero attached hydrogens (tertiary/aromatic N) is 1. The van der Waals surface area contributed by atoms with Crippen LogP contribution in [0.2, 0.25) is 0 Å². The molecule has 0 spiro atoms. The van der Waals surface area contributed by atoms with E-state index in [2.05, 4.69) is 26.2 Å². The molecule has 0 fully saturated rings. The zero-order valence-electron chi connectivity index (χ0n) is 11.8. The Kier molecular flexibility index (Phi) is 4.27. The van der Waals surface area contributed by atoms with E-state index >= 15 is 0 Å². The predicted octanol–water partition coefficient (Wildman–Crippen LogP) is 4.35. The first-order valence-electron chi connectivity index (χ1n) is 6.23. The summed E-state index contributed by atoms with van der Waals surface area (Å²) in [5.74, 6) is -1.29. The van der Waals surface area contributed by atoms with Crippen molar-refractivity contribution < 1.29 is 14.3 Å². The van der Waals surface area contributed by atoms with Gasteiger partial charge in [-0.1, -0.05) is 0 Å². The van der Waals surface area contributed by atoms with Crippen LogP contribution in [0.4, 0.5) is 15.9 Å². The number of aryl methyl sites for hydroxylation is 3. The molecule has 21 heavy (non-hydrogen) atoms. The maximum atomic E-state index is 13.7. The fourth-order valence-corrected chi connectivity index (χ4v) is 2.56. The summed E-state index contributed by atoms with van der Waals surface area (Å²) in [6.45, 7) is 5.28. The van der Waals surface area contributed by atoms with E-state index in [1.165, 1.54) is 6.07 Å². The number of carboxylic acids is 1. The lowest BCUT2D eigenvalue weighted by molar-refractivity contribution is 0.0697. The number of hydrogen-bond acceptors (Lipinski definition) is 3. The quantitative estimate of drug-likeness (QED) is 0.861. The molecule has 0 aliphatic heterocycles. The summed E-state index contributed by atoms with van der Waals surface area (Å²) in [7, 11) is 0. The predicted molar refractivity (Wildman–Crippen MR) is 82.8 cm³/mol. The maximum Gasteiger partial charge on any atom is 0.339 e. The van der Waals surface area contributed by atoms with Crippen molar-refractivity contribution in [2.24, 2.45) is 0 Å². The largest absolute Gasteiger partial charge is 0.478 e. The number of rotatable bonds is 3. The minimum Gasteiger partial charge on any atom is -0.478 e. The fourth-order valence-electron chi connectivity index (χ4n) is 2.11. The third kappa shape index (κ3) is 3.21. The molecule has 0 saturated carbocycles. The van der Waals surface area contributed by atoms with Crippen molar-refractivity contribution >= 4 is 33.4 Å². The number of nitrogens with one attached hydrogen (secondary N) is 1. The van der Waals surface area contributed by atoms with Gasteiger partial charge in [0.2, 0.25) is 0 Å². The molecular formula is C15H14BrFN2O2. The lowest BCUT2D eigenvalue weighted by atomic mass is 10.1. The summed E-state index contributed by atoms with van der Waals surface area (Å²) >= 11 is 3.11. The molecule has 4 nitrogen and oxygen atoms in total. The Bertz CT molecular complexity index is 732. The SMILES string of the molecule is Cc1cc(C)c(C(=O)O)c(Nc2cc(F)c(Br)cc2C)n1. The Labute approximate surface area is 130 Å². The van der Waals surface area contributed by atoms with Gasteiger partial charge in [-0.15, -0.1) is 0 Å². The van der Waals surface area contributed by atoms with Gasteiger partial charge in [-0.3, -0.25) is 0 Å². The number of halogens is 2. The normalized spacial score (nSPS) is 10.5. The van der Waals surface area contributed by atoms with Gasteiger partial charge >= 0.3 is 5.97 Å². The van der Waals surface area contributed by atoms with Crippen LogP contribution in [0.5, 0.6) is 0 Å². The lowest BCUT2D eigenvalue weighted by Crippen LogP contribution is -2.09. The van der Waals surface area contributed by atoms with Crippen LogP contribution in [0.25, 0.3) is 0 Å². The van der Waals surface area contributed by atoms with E-state index in [1.54, 1.807) is 32.9 Å². The highest BCUT2D eigenvalue weighted by Gasteiger charge is 2.17. The zero-order valence-corrected chi connectivity index (χ0v) is 13.4. The summed E-state index contributed by atoms with van der Waals surface area (Å²) in [6.07, 6.45) is 0. The number of aromatic nitrogens is 1. The van der Waals surface area contributed by atoms with Gasteiger partial charge in [0.05, 0.1) is 4.47 Å². The molecule has 0 radical (unpaired) electrons. The molecule has 0 unspecified atom stereocenters. The smallest absolute Gasteiger partial charge is 0.339 e. The molecule has 2 N–H and O–H groups in total. The fraction of sp³-hybridized carbons (Fsp3) is 0.200. The van der Waals surface area contributed by atoms with Crippen molar-refractivity contribution in [1.82, 2.24) is 4.98 Å². The van der Waals surface area contributed by atoms with E-state index in [1.807, 2.05) is 0 Å². The molecule has 0 aliphatic rings. The second kappa shape index (κ2) is 5.81. The Hall–Kier alpha value is -1.95. The average molecular weight is 353 g/mol. The van der Waals surface area contributed by atoms with E-state index in [4.69, 9.17) is 0 Å². The van der Waals surface area contributed by atoms with Gasteiger partial charge in [-0.05, 0) is 66.0 Å². The Morgan fingerprint density at radius 2 is 1.90 bits per heavy atom. The summed E-state index contributed by atoms with van der Waals surface area (Å²) in [5, 5.41) is 12.2. The first kappa shape index (κ1) is 15.4. The molecule has 0 saturated heterocycles. The molecule has 6 heteroatoms. The number of carbonyl (C=O) groups is 1. The number of anilines is 2. The highest BCUT2D eigenvalue weighted by Crippen LogP contribution is 2.28. The third-order valence-electron chi connectivity index (χ3n) is 3.08. The lowest BCUT2D eigenvalue weighted by Gasteiger charge is -2.14. The molecule has 1 aromatic heterocycles. The first-order chi connectivity index (χ1) is 9.79. The molecule has 0 atom stereocenters. The molecule has 0 amide bonds. The van der Waals surface area contributed by atoms with Gasteiger partial charge in [0.1, 0.15) is 17.2 Å². The van der Waals surface area contributed by atoms with Gasteiger partial charge in [0.15, 0.2) is 0 Å². The zero-order chi connectivity index (χ0) is 15.7. The van der Waals surface area contributed by atoms with Crippen molar-refractivity contribution in [3.63, 3.8) is 0 Å². The minimum atomic E-state index is -1.07. The van der Waals surface area contributed by atoms with E-state index in [-0.39, 0.29) is 11.4 Å². The monoisotopic (exact) mass is 352 g/mol. The second-order valence-electron chi connectivity index (χ2n) is 4.82. The van der Waals surface area contributed by atoms with Crippen LogP contribution < -0.4 is 5.32 Å². The summed E-state index contributed by atoms with van der Waals surface area (Å²) in [6, 6.07) is 4.63. The van der Waals surface area contributed by atoms with E-state index in [9.17, 15) is 14.3 Å². The summed E-state index contributed by atoms with van der Waals surface area (Å²) in [5.41, 5.74) is 2.64. The van der Waals surface area contributed by atoms with E-state index < -0.39 is 11.8 Å². The molecule has 2 aromatic rings. The minimum absolute atomic E-state index is 0.0864. The van der Waals surface area contributed by atoms with Gasteiger partial charge < -0.3 is 10.4 Å². The number of pyridine rings is 1. The Morgan fingerprint density at radius 1 is 1.24 bits per heavy atom. The summed E-state index contributed by atoms with van der Waals surface area (Å²) in [4.78, 5) is 15.6. The van der Waals surface area contributed by atoms with Crippen LogP contribution in [0.15, 0.2) is 22.7 Å². The van der Waals surface area contributed by atoms with Crippen LogP contribution in [-0.2, 0) is 0 Å². The maximum absolute atomic E-state index is 13.7. The van der Waals surface area contributed by atoms with E-state index in [0.717, 1.165) is 5.56 Å². The molecule has 0 aliphatic carbocycles. The van der Waals surface area contributed by atoms with Crippen LogP contribution in [0.1, 0.15) is 27.2 Å². The van der Waals surface area contributed by atoms with Crippen LogP contribution in [-0.4, -0.2) is 16.1 Å². The van der Waals surface area contributed by atoms with Crippen LogP contribution >= 0.6 is 15.9 Å². The van der Waals surface area contributed by atoms with Crippen molar-refractivity contribution in [2.75, 3.05) is 5.32 Å². The van der Waals surface area contributed by atoms with Crippen molar-refractivity contribution in [1.29, 1.82) is 0 Å². The number of hydrogen-bond donors (Lipinski definition) is 2. The topological polar surface area (TPSA) is 62.2 Å². The Morgan fingerprint density at radius 3 is 2.52 bits per heavy atom. The van der Waals surface area contributed by atoms with Crippen molar-refractivity contribution in [2.45, 2.75) is 20.8 Å². The number of aromatic carboxylic acids is 1. The first-order valence-corrected chi connectivity index (χ1v) is 7.03. The summed E-state index contributed by atoms with van der Waals surface area (Å²) < 4.78 is 14.0. The van der Waals surface area contributed by atoms with Gasteiger partial charge in [-0.2, -0.15) is 0 Å². The van der Waals surface area contributed by atoms with Gasteiger partial charge in [0.25, 0.3) is 0 Å². The Balaban J connectivity index is 2.54. The second-order valence-corrected chi connectivity index (χ2v) is 5.67. The van der Waals surface area contributed by atoms with Gasteiger partial charge in [0, 0.05) is 11.4 Å². The van der Waals surface area contributed by atoms with Crippen LogP contribution in [0, 0.1) is 26.6 Å². The molecule has 1 aromatic carbocycles. The average Bonchev–Trinajstić information content (AvgIpc) is 2.34. The highest BCUT2D eigenvalue weighted by atomic mass is 79.9. The molecule has 2 rings (SSSR count). The standard InChI is InChI=1S/C15H14BrFN2O2/c1-7-5-10(16)11(17)6-12(7)19-14-13(15(20)21)8(2)4-9(3)18-14/h4-6H,1-3H3,(H,18,19)(H,20,21). The number of carboxylic acid groups (broad SMARTS) is 1. The number of benzene rings is 1. The molecule has 110 valence electrons. The van der Waals surface area contributed by atoms with Crippen molar-refractivity contribution in [3.8, 4) is 0 Å². The molecular weight excluding hydrogens is 339 g/mol. The highest BCUT2D eigenvalue weighted by molar-refractivity contribution is 9.10. The molecule has 1 heterocycles. The third-order valence-corrected chi connectivity index (χ3v) is 3.69.